The van der Waals surface area contributed by atoms with Gasteiger partial charge in [-0.3, -0.25) is 19.6 Å². The van der Waals surface area contributed by atoms with Gasteiger partial charge in [0.25, 0.3) is 5.91 Å². The summed E-state index contributed by atoms with van der Waals surface area (Å²) in [5.74, 6) is 0.774. The van der Waals surface area contributed by atoms with E-state index in [9.17, 15) is 9.59 Å². The van der Waals surface area contributed by atoms with E-state index in [2.05, 4.69) is 9.97 Å². The summed E-state index contributed by atoms with van der Waals surface area (Å²) in [4.78, 5) is 39.6. The van der Waals surface area contributed by atoms with Crippen LogP contribution < -0.4 is 19.9 Å². The first-order chi connectivity index (χ1) is 19.8. The van der Waals surface area contributed by atoms with E-state index >= 15 is 0 Å². The lowest BCUT2D eigenvalue weighted by Gasteiger charge is -2.43. The minimum absolute atomic E-state index is 0.231. The molecule has 0 spiro atoms. The Labute approximate surface area is 238 Å². The maximum Gasteiger partial charge on any atom is 0.250 e. The fourth-order valence-electron chi connectivity index (χ4n) is 5.19. The lowest BCUT2D eigenvalue weighted by atomic mass is 9.72. The molecule has 2 amide bonds. The van der Waals surface area contributed by atoms with Crippen LogP contribution in [0.5, 0.6) is 23.0 Å². The number of pyridine rings is 2. The van der Waals surface area contributed by atoms with Gasteiger partial charge in [0.15, 0.2) is 16.9 Å². The average molecular weight is 554 g/mol. The third kappa shape index (κ3) is 4.93. The van der Waals surface area contributed by atoms with E-state index in [1.165, 1.54) is 11.1 Å². The number of nitrogens with two attached hydrogens (primary N) is 1. The van der Waals surface area contributed by atoms with Crippen LogP contribution in [-0.2, 0) is 21.5 Å². The van der Waals surface area contributed by atoms with Gasteiger partial charge in [-0.25, -0.2) is 0 Å². The monoisotopic (exact) mass is 553 g/mol. The van der Waals surface area contributed by atoms with Gasteiger partial charge in [-0.15, -0.1) is 0 Å². The average Bonchev–Trinajstić information content (AvgIpc) is 2.98. The van der Waals surface area contributed by atoms with Crippen molar-refractivity contribution in [2.24, 2.45) is 5.73 Å². The molecular weight excluding hydrogens is 522 g/mol. The molecule has 210 valence electrons. The molecule has 1 aliphatic rings. The van der Waals surface area contributed by atoms with Crippen molar-refractivity contribution in [1.29, 1.82) is 0 Å². The summed E-state index contributed by atoms with van der Waals surface area (Å²) < 4.78 is 17.0. The number of likely N-dealkylation sites (N-methyl/N-ethyl adjacent to an activating group) is 1. The maximum absolute atomic E-state index is 14.1. The molecule has 10 heteroatoms. The van der Waals surface area contributed by atoms with E-state index in [0.717, 1.165) is 5.56 Å². The summed E-state index contributed by atoms with van der Waals surface area (Å²) in [6, 6.07) is 17.5. The predicted octanol–water partition coefficient (Wildman–Crippen LogP) is 3.65. The number of carbonyl (C=O) groups is 2. The number of amides is 2. The van der Waals surface area contributed by atoms with Crippen LogP contribution >= 0.6 is 0 Å². The van der Waals surface area contributed by atoms with Crippen molar-refractivity contribution >= 4 is 22.7 Å². The minimum atomic E-state index is -1.75. The fraction of sp³-hybridized carbons (Fsp3) is 0.226. The predicted molar refractivity (Wildman–Crippen MR) is 154 cm³/mol. The molecular formula is C31H31N5O5. The second-order valence-corrected chi connectivity index (χ2v) is 9.86. The molecule has 4 aromatic rings. The van der Waals surface area contributed by atoms with Crippen molar-refractivity contribution in [2.75, 3.05) is 28.3 Å². The molecule has 3 heterocycles. The molecule has 2 aromatic heterocycles. The third-order valence-corrected chi connectivity index (χ3v) is 7.21. The number of primary amides is 1. The first-order valence-corrected chi connectivity index (χ1v) is 12.9. The lowest BCUT2D eigenvalue weighted by Crippen LogP contribution is -2.65. The Kier molecular flexibility index (Phi) is 7.58. The zero-order valence-electron chi connectivity index (χ0n) is 23.3. The van der Waals surface area contributed by atoms with Gasteiger partial charge in [0, 0.05) is 23.8 Å². The highest BCUT2D eigenvalue weighted by atomic mass is 16.5. The quantitative estimate of drug-likeness (QED) is 0.312. The number of aromatic nitrogens is 2. The number of hydrogen-bond acceptors (Lipinski definition) is 8. The van der Waals surface area contributed by atoms with Crippen molar-refractivity contribution in [3.05, 3.63) is 96.6 Å². The fourth-order valence-corrected chi connectivity index (χ4v) is 5.19. The van der Waals surface area contributed by atoms with Crippen LogP contribution in [-0.4, -0.2) is 65.9 Å². The van der Waals surface area contributed by atoms with E-state index in [1.807, 2.05) is 36.4 Å². The van der Waals surface area contributed by atoms with E-state index in [4.69, 9.17) is 19.9 Å². The number of fused-ring (bicyclic) bond motifs is 1. The van der Waals surface area contributed by atoms with Crippen LogP contribution in [0.25, 0.3) is 10.9 Å². The Morgan fingerprint density at radius 1 is 1.00 bits per heavy atom. The van der Waals surface area contributed by atoms with Crippen LogP contribution in [0.3, 0.4) is 0 Å². The standard InChI is InChI=1S/C31H31N5O5/c1-35(2)28-13-15-36(19-20-8-6-5-7-9-20)30(38)31(28,29(32)37)27-11-10-21(18-34-27)41-24-12-14-33-23-17-26(40-4)25(39-3)16-22(23)24/h5-18,28H,19H2,1-4H3,(H2,32,37). The van der Waals surface area contributed by atoms with Crippen LogP contribution in [0.15, 0.2) is 85.3 Å². The largest absolute Gasteiger partial charge is 0.493 e. The summed E-state index contributed by atoms with van der Waals surface area (Å²) in [5.41, 5.74) is 6.09. The first-order valence-electron chi connectivity index (χ1n) is 12.9. The van der Waals surface area contributed by atoms with E-state index < -0.39 is 23.3 Å². The molecule has 2 atom stereocenters. The number of rotatable bonds is 9. The topological polar surface area (TPSA) is 120 Å². The Morgan fingerprint density at radius 2 is 1.73 bits per heavy atom. The maximum atomic E-state index is 14.1. The normalized spacial score (nSPS) is 18.5. The van der Waals surface area contributed by atoms with Crippen molar-refractivity contribution in [3.8, 4) is 23.0 Å². The van der Waals surface area contributed by atoms with Crippen LogP contribution in [0.2, 0.25) is 0 Å². The SMILES string of the molecule is COc1cc2nccc(Oc3ccc(C4(C(N)=O)C(=O)N(Cc5ccccc5)C=CC4N(C)C)nc3)c2cc1OC. The Bertz CT molecular complexity index is 1610. The Balaban J connectivity index is 1.51. The molecule has 5 rings (SSSR count). The van der Waals surface area contributed by atoms with Gasteiger partial charge in [-0.05, 0) is 50.0 Å². The molecule has 0 saturated heterocycles. The smallest absolute Gasteiger partial charge is 0.250 e. The van der Waals surface area contributed by atoms with Gasteiger partial charge >= 0.3 is 0 Å². The van der Waals surface area contributed by atoms with Crippen LogP contribution in [0.1, 0.15) is 11.3 Å². The zero-order chi connectivity index (χ0) is 29.1. The summed E-state index contributed by atoms with van der Waals surface area (Å²) >= 11 is 0. The van der Waals surface area contributed by atoms with Crippen LogP contribution in [0.4, 0.5) is 0 Å². The van der Waals surface area contributed by atoms with Gasteiger partial charge < -0.3 is 29.7 Å². The molecule has 0 bridgehead atoms. The number of ether oxygens (including phenoxy) is 3. The number of benzene rings is 2. The summed E-state index contributed by atoms with van der Waals surface area (Å²) in [5, 5.41) is 0.708. The second kappa shape index (κ2) is 11.3. The van der Waals surface area contributed by atoms with E-state index in [-0.39, 0.29) is 12.2 Å². The van der Waals surface area contributed by atoms with Crippen molar-refractivity contribution < 1.29 is 23.8 Å². The van der Waals surface area contributed by atoms with Gasteiger partial charge in [0.2, 0.25) is 5.91 Å². The third-order valence-electron chi connectivity index (χ3n) is 7.21. The summed E-state index contributed by atoms with van der Waals surface area (Å²) in [6.07, 6.45) is 6.62. The Hall–Kier alpha value is -4.96. The minimum Gasteiger partial charge on any atom is -0.493 e. The zero-order valence-corrected chi connectivity index (χ0v) is 23.3. The lowest BCUT2D eigenvalue weighted by molar-refractivity contribution is -0.145. The summed E-state index contributed by atoms with van der Waals surface area (Å²) in [7, 11) is 6.70. The summed E-state index contributed by atoms with van der Waals surface area (Å²) in [6.45, 7) is 0.288. The molecule has 2 N–H and O–H groups in total. The molecule has 0 saturated carbocycles. The highest BCUT2D eigenvalue weighted by Gasteiger charge is 2.57. The first kappa shape index (κ1) is 27.6. The van der Waals surface area contributed by atoms with E-state index in [0.29, 0.717) is 33.9 Å². The van der Waals surface area contributed by atoms with Gasteiger partial charge in [0.1, 0.15) is 11.5 Å². The molecule has 41 heavy (non-hydrogen) atoms. The molecule has 10 nitrogen and oxygen atoms in total. The Morgan fingerprint density at radius 3 is 2.37 bits per heavy atom. The number of nitrogens with zero attached hydrogens (tertiary/aromatic N) is 4. The molecule has 2 aromatic carbocycles. The van der Waals surface area contributed by atoms with Crippen LogP contribution in [0, 0.1) is 0 Å². The molecule has 1 aliphatic heterocycles. The van der Waals surface area contributed by atoms with Crippen molar-refractivity contribution in [1.82, 2.24) is 19.8 Å². The molecule has 0 aliphatic carbocycles. The number of hydrogen-bond donors (Lipinski definition) is 1. The van der Waals surface area contributed by atoms with E-state index in [1.54, 1.807) is 75.9 Å². The number of methoxy groups -OCH3 is 2. The van der Waals surface area contributed by atoms with Crippen molar-refractivity contribution in [2.45, 2.75) is 18.0 Å². The molecule has 0 radical (unpaired) electrons. The van der Waals surface area contributed by atoms with Crippen molar-refractivity contribution in [3.63, 3.8) is 0 Å². The number of carbonyl (C=O) groups excluding carboxylic acids is 2. The second-order valence-electron chi connectivity index (χ2n) is 9.86. The highest BCUT2D eigenvalue weighted by molar-refractivity contribution is 6.12. The van der Waals surface area contributed by atoms with Gasteiger partial charge in [0.05, 0.1) is 44.2 Å². The molecule has 2 unspecified atom stereocenters. The van der Waals surface area contributed by atoms with Gasteiger partial charge in [-0.1, -0.05) is 30.3 Å². The molecule has 0 fully saturated rings. The van der Waals surface area contributed by atoms with Gasteiger partial charge in [-0.2, -0.15) is 0 Å². The highest BCUT2D eigenvalue weighted by Crippen LogP contribution is 2.39.